The molecule has 0 radical (unpaired) electrons. The van der Waals surface area contributed by atoms with Gasteiger partial charge in [-0.1, -0.05) is 24.9 Å². The Hall–Kier alpha value is -1.40. The number of nitrogens with one attached hydrogen (secondary N) is 1. The van der Waals surface area contributed by atoms with Crippen LogP contribution in [0, 0.1) is 10.1 Å². The van der Waals surface area contributed by atoms with Crippen molar-refractivity contribution in [1.29, 1.82) is 0 Å². The number of nitrogens with zero attached hydrogens (tertiary/aromatic N) is 3. The Morgan fingerprint density at radius 2 is 2.40 bits per heavy atom. The molecule has 0 spiro atoms. The minimum atomic E-state index is -0.497. The van der Waals surface area contributed by atoms with Crippen LogP contribution >= 0.6 is 11.6 Å². The quantitative estimate of drug-likeness (QED) is 0.668. The molecular weight excluding hydrogens is 280 g/mol. The maximum atomic E-state index is 10.6. The Bertz CT molecular complexity index is 483. The summed E-state index contributed by atoms with van der Waals surface area (Å²) in [4.78, 5) is 16.6. The molecule has 1 unspecified atom stereocenters. The first-order valence-electron chi connectivity index (χ1n) is 6.89. The predicted molar refractivity (Wildman–Crippen MR) is 79.3 cm³/mol. The Kier molecular flexibility index (Phi) is 5.14. The number of piperidine rings is 1. The molecule has 0 aromatic carbocycles. The number of likely N-dealkylation sites (N-methyl/N-ethyl adjacent to an activating group) is 1. The fourth-order valence-electron chi connectivity index (χ4n) is 2.58. The van der Waals surface area contributed by atoms with E-state index in [1.165, 1.54) is 25.1 Å². The first-order chi connectivity index (χ1) is 9.61. The van der Waals surface area contributed by atoms with Gasteiger partial charge in [-0.25, -0.2) is 4.98 Å². The summed E-state index contributed by atoms with van der Waals surface area (Å²) in [6.45, 7) is 5.09. The van der Waals surface area contributed by atoms with Gasteiger partial charge in [-0.3, -0.25) is 15.0 Å². The van der Waals surface area contributed by atoms with E-state index in [0.29, 0.717) is 11.9 Å². The van der Waals surface area contributed by atoms with Gasteiger partial charge in [0, 0.05) is 18.7 Å². The summed E-state index contributed by atoms with van der Waals surface area (Å²) >= 11 is 6.02. The van der Waals surface area contributed by atoms with Gasteiger partial charge in [0.05, 0.1) is 9.95 Å². The van der Waals surface area contributed by atoms with Crippen molar-refractivity contribution in [2.45, 2.75) is 32.2 Å². The number of pyridine rings is 1. The largest absolute Gasteiger partial charge is 0.367 e. The minimum Gasteiger partial charge on any atom is -0.367 e. The summed E-state index contributed by atoms with van der Waals surface area (Å²) in [6.07, 6.45) is 4.88. The molecule has 0 bridgehead atoms. The molecule has 6 nitrogen and oxygen atoms in total. The van der Waals surface area contributed by atoms with Crippen molar-refractivity contribution >= 4 is 23.1 Å². The molecule has 2 rings (SSSR count). The second-order valence-electron chi connectivity index (χ2n) is 4.94. The standard InChI is InChI=1S/C13H19ClN4O2/c1-2-17-6-4-3-5-10(17)8-15-13-12(14)7-11(9-16-13)18(19)20/h7,9-10H,2-6,8H2,1H3,(H,15,16). The van der Waals surface area contributed by atoms with Gasteiger partial charge in [0.1, 0.15) is 12.0 Å². The molecule has 7 heteroatoms. The number of likely N-dealkylation sites (tertiary alicyclic amines) is 1. The average Bonchev–Trinajstić information content (AvgIpc) is 2.46. The van der Waals surface area contributed by atoms with Crippen molar-refractivity contribution in [2.75, 3.05) is 25.0 Å². The van der Waals surface area contributed by atoms with Gasteiger partial charge < -0.3 is 5.32 Å². The number of anilines is 1. The number of nitro groups is 1. The third-order valence-corrected chi connectivity index (χ3v) is 3.99. The van der Waals surface area contributed by atoms with Crippen LogP contribution in [-0.4, -0.2) is 40.5 Å². The molecule has 0 amide bonds. The molecule has 1 atom stereocenters. The molecule has 1 N–H and O–H groups in total. The van der Waals surface area contributed by atoms with Gasteiger partial charge in [0.2, 0.25) is 0 Å². The number of rotatable bonds is 5. The molecule has 1 saturated heterocycles. The van der Waals surface area contributed by atoms with Crippen LogP contribution in [0.3, 0.4) is 0 Å². The first kappa shape index (κ1) is 15.0. The molecule has 1 aliphatic rings. The summed E-state index contributed by atoms with van der Waals surface area (Å²) in [5.41, 5.74) is -0.0894. The maximum Gasteiger partial charge on any atom is 0.289 e. The molecule has 2 heterocycles. The van der Waals surface area contributed by atoms with Crippen molar-refractivity contribution in [3.05, 3.63) is 27.4 Å². The van der Waals surface area contributed by atoms with E-state index < -0.39 is 4.92 Å². The lowest BCUT2D eigenvalue weighted by molar-refractivity contribution is -0.385. The molecule has 1 aliphatic heterocycles. The third kappa shape index (κ3) is 3.58. The molecule has 0 aliphatic carbocycles. The van der Waals surface area contributed by atoms with E-state index in [4.69, 9.17) is 11.6 Å². The van der Waals surface area contributed by atoms with Crippen LogP contribution in [0.1, 0.15) is 26.2 Å². The lowest BCUT2D eigenvalue weighted by atomic mass is 10.0. The van der Waals surface area contributed by atoms with Crippen molar-refractivity contribution in [3.63, 3.8) is 0 Å². The average molecular weight is 299 g/mol. The van der Waals surface area contributed by atoms with Crippen LogP contribution in [0.2, 0.25) is 5.02 Å². The van der Waals surface area contributed by atoms with E-state index >= 15 is 0 Å². The summed E-state index contributed by atoms with van der Waals surface area (Å²) in [6, 6.07) is 1.80. The zero-order valence-corrected chi connectivity index (χ0v) is 12.3. The normalized spacial score (nSPS) is 19.8. The minimum absolute atomic E-state index is 0.0894. The van der Waals surface area contributed by atoms with Gasteiger partial charge in [0.25, 0.3) is 5.69 Å². The van der Waals surface area contributed by atoms with E-state index in [1.54, 1.807) is 0 Å². The smallest absolute Gasteiger partial charge is 0.289 e. The fourth-order valence-corrected chi connectivity index (χ4v) is 2.81. The van der Waals surface area contributed by atoms with Crippen LogP contribution in [0.5, 0.6) is 0 Å². The Morgan fingerprint density at radius 1 is 1.60 bits per heavy atom. The number of halogens is 1. The van der Waals surface area contributed by atoms with Crippen molar-refractivity contribution in [2.24, 2.45) is 0 Å². The first-order valence-corrected chi connectivity index (χ1v) is 7.27. The maximum absolute atomic E-state index is 10.6. The SMILES string of the molecule is CCN1CCCCC1CNc1ncc([N+](=O)[O-])cc1Cl. The fraction of sp³-hybridized carbons (Fsp3) is 0.615. The van der Waals surface area contributed by atoms with Crippen LogP contribution in [-0.2, 0) is 0 Å². The predicted octanol–water partition coefficient (Wildman–Crippen LogP) is 2.93. The second kappa shape index (κ2) is 6.85. The molecule has 1 aromatic rings. The van der Waals surface area contributed by atoms with E-state index in [0.717, 1.165) is 26.1 Å². The summed E-state index contributed by atoms with van der Waals surface area (Å²) in [5, 5.41) is 14.1. The van der Waals surface area contributed by atoms with Crippen LogP contribution in [0.4, 0.5) is 11.5 Å². The van der Waals surface area contributed by atoms with Gasteiger partial charge in [-0.05, 0) is 25.9 Å². The highest BCUT2D eigenvalue weighted by Gasteiger charge is 2.21. The van der Waals surface area contributed by atoms with E-state index in [2.05, 4.69) is 22.1 Å². The molecule has 0 saturated carbocycles. The summed E-state index contributed by atoms with van der Waals surface area (Å²) in [7, 11) is 0. The topological polar surface area (TPSA) is 71.3 Å². The zero-order valence-electron chi connectivity index (χ0n) is 11.5. The second-order valence-corrected chi connectivity index (χ2v) is 5.35. The van der Waals surface area contributed by atoms with Crippen molar-refractivity contribution in [3.8, 4) is 0 Å². The molecule has 1 fully saturated rings. The van der Waals surface area contributed by atoms with Gasteiger partial charge >= 0.3 is 0 Å². The van der Waals surface area contributed by atoms with Gasteiger partial charge in [-0.15, -0.1) is 0 Å². The van der Waals surface area contributed by atoms with E-state index in [9.17, 15) is 10.1 Å². The summed E-state index contributed by atoms with van der Waals surface area (Å²) in [5.74, 6) is 0.513. The van der Waals surface area contributed by atoms with Crippen LogP contribution < -0.4 is 5.32 Å². The monoisotopic (exact) mass is 298 g/mol. The van der Waals surface area contributed by atoms with Crippen molar-refractivity contribution < 1.29 is 4.92 Å². The van der Waals surface area contributed by atoms with E-state index in [-0.39, 0.29) is 10.7 Å². The summed E-state index contributed by atoms with van der Waals surface area (Å²) < 4.78 is 0. The highest BCUT2D eigenvalue weighted by molar-refractivity contribution is 6.33. The molecule has 20 heavy (non-hydrogen) atoms. The van der Waals surface area contributed by atoms with Crippen LogP contribution in [0.25, 0.3) is 0 Å². The van der Waals surface area contributed by atoms with Gasteiger partial charge in [-0.2, -0.15) is 0 Å². The Balaban J connectivity index is 1.98. The lowest BCUT2D eigenvalue weighted by Crippen LogP contribution is -2.43. The Labute approximate surface area is 123 Å². The number of aromatic nitrogens is 1. The van der Waals surface area contributed by atoms with Crippen LogP contribution in [0.15, 0.2) is 12.3 Å². The van der Waals surface area contributed by atoms with Gasteiger partial charge in [0.15, 0.2) is 0 Å². The molecular formula is C13H19ClN4O2. The third-order valence-electron chi connectivity index (χ3n) is 3.70. The number of hydrogen-bond donors (Lipinski definition) is 1. The lowest BCUT2D eigenvalue weighted by Gasteiger charge is -2.35. The highest BCUT2D eigenvalue weighted by atomic mass is 35.5. The Morgan fingerprint density at radius 3 is 3.05 bits per heavy atom. The molecule has 1 aromatic heterocycles. The zero-order chi connectivity index (χ0) is 14.5. The molecule has 110 valence electrons. The van der Waals surface area contributed by atoms with E-state index in [1.807, 2.05) is 0 Å². The highest BCUT2D eigenvalue weighted by Crippen LogP contribution is 2.24. The van der Waals surface area contributed by atoms with Crippen molar-refractivity contribution in [1.82, 2.24) is 9.88 Å². The number of hydrogen-bond acceptors (Lipinski definition) is 5.